The first-order valence-corrected chi connectivity index (χ1v) is 10.1. The standard InChI is InChI=1S/C23H27N3O6/c1-6-25(14-15(2)23(29)32-5)22(28)18-10-8-7-9-17(18)21(27)16-11-12-19(24(3)4)20(13-16)26(30)31/h7-13,15H,6,14H2,1-5H3. The molecule has 1 atom stereocenters. The highest BCUT2D eigenvalue weighted by Crippen LogP contribution is 2.29. The van der Waals surface area contributed by atoms with Crippen LogP contribution in [-0.2, 0) is 9.53 Å². The third-order valence-electron chi connectivity index (χ3n) is 5.08. The third-order valence-corrected chi connectivity index (χ3v) is 5.08. The van der Waals surface area contributed by atoms with Gasteiger partial charge in [0, 0.05) is 44.4 Å². The molecule has 9 heteroatoms. The van der Waals surface area contributed by atoms with Crippen LogP contribution in [0.4, 0.5) is 11.4 Å². The van der Waals surface area contributed by atoms with E-state index in [9.17, 15) is 24.5 Å². The van der Waals surface area contributed by atoms with Gasteiger partial charge in [0.15, 0.2) is 5.78 Å². The second-order valence-corrected chi connectivity index (χ2v) is 7.50. The van der Waals surface area contributed by atoms with Crippen LogP contribution >= 0.6 is 0 Å². The molecule has 0 heterocycles. The Labute approximate surface area is 186 Å². The summed E-state index contributed by atoms with van der Waals surface area (Å²) in [6, 6.07) is 10.5. The van der Waals surface area contributed by atoms with Gasteiger partial charge in [-0.2, -0.15) is 0 Å². The molecule has 0 bridgehead atoms. The summed E-state index contributed by atoms with van der Waals surface area (Å²) in [5.74, 6) is -1.88. The van der Waals surface area contributed by atoms with Crippen molar-refractivity contribution in [3.05, 3.63) is 69.3 Å². The third kappa shape index (κ3) is 5.29. The molecule has 0 aliphatic rings. The highest BCUT2D eigenvalue weighted by atomic mass is 16.6. The molecule has 0 aliphatic heterocycles. The minimum atomic E-state index is -0.545. The van der Waals surface area contributed by atoms with E-state index in [2.05, 4.69) is 0 Å². The Bertz CT molecular complexity index is 1030. The predicted molar refractivity (Wildman–Crippen MR) is 120 cm³/mol. The van der Waals surface area contributed by atoms with Crippen LogP contribution in [-0.4, -0.2) is 61.8 Å². The number of hydrogen-bond donors (Lipinski definition) is 0. The number of esters is 1. The van der Waals surface area contributed by atoms with Crippen LogP contribution in [0.1, 0.15) is 40.1 Å². The number of ketones is 1. The lowest BCUT2D eigenvalue weighted by Gasteiger charge is -2.24. The minimum absolute atomic E-state index is 0.105. The number of hydrogen-bond acceptors (Lipinski definition) is 7. The number of carbonyl (C=O) groups is 3. The molecule has 0 saturated heterocycles. The van der Waals surface area contributed by atoms with Gasteiger partial charge in [-0.1, -0.05) is 25.1 Å². The van der Waals surface area contributed by atoms with Gasteiger partial charge in [-0.3, -0.25) is 24.5 Å². The van der Waals surface area contributed by atoms with E-state index in [1.807, 2.05) is 0 Å². The van der Waals surface area contributed by atoms with E-state index in [0.29, 0.717) is 12.2 Å². The molecular weight excluding hydrogens is 414 g/mol. The number of carbonyl (C=O) groups excluding carboxylic acids is 3. The topological polar surface area (TPSA) is 110 Å². The molecule has 9 nitrogen and oxygen atoms in total. The van der Waals surface area contributed by atoms with Crippen molar-refractivity contribution in [1.82, 2.24) is 4.90 Å². The van der Waals surface area contributed by atoms with Crippen molar-refractivity contribution in [2.45, 2.75) is 13.8 Å². The number of benzene rings is 2. The van der Waals surface area contributed by atoms with Gasteiger partial charge in [-0.15, -0.1) is 0 Å². The SMILES string of the molecule is CCN(CC(C)C(=O)OC)C(=O)c1ccccc1C(=O)c1ccc(N(C)C)c([N+](=O)[O-])c1. The fourth-order valence-corrected chi connectivity index (χ4v) is 3.34. The first-order chi connectivity index (χ1) is 15.1. The average molecular weight is 441 g/mol. The molecule has 0 N–H and O–H groups in total. The van der Waals surface area contributed by atoms with Crippen LogP contribution in [0.25, 0.3) is 0 Å². The Morgan fingerprint density at radius 3 is 2.25 bits per heavy atom. The van der Waals surface area contributed by atoms with Gasteiger partial charge >= 0.3 is 5.97 Å². The van der Waals surface area contributed by atoms with Crippen molar-refractivity contribution >= 4 is 29.0 Å². The maximum absolute atomic E-state index is 13.2. The summed E-state index contributed by atoms with van der Waals surface area (Å²) in [4.78, 5) is 52.2. The fourth-order valence-electron chi connectivity index (χ4n) is 3.34. The Balaban J connectivity index is 2.44. The van der Waals surface area contributed by atoms with E-state index < -0.39 is 28.5 Å². The normalized spacial score (nSPS) is 11.4. The molecule has 170 valence electrons. The lowest BCUT2D eigenvalue weighted by molar-refractivity contribution is -0.384. The van der Waals surface area contributed by atoms with Gasteiger partial charge in [-0.25, -0.2) is 0 Å². The van der Waals surface area contributed by atoms with Crippen LogP contribution in [0.15, 0.2) is 42.5 Å². The molecule has 0 spiro atoms. The van der Waals surface area contributed by atoms with Gasteiger partial charge in [0.1, 0.15) is 5.69 Å². The number of nitro benzene ring substituents is 1. The van der Waals surface area contributed by atoms with Crippen LogP contribution in [0.2, 0.25) is 0 Å². The zero-order valence-corrected chi connectivity index (χ0v) is 18.8. The molecule has 32 heavy (non-hydrogen) atoms. The lowest BCUT2D eigenvalue weighted by atomic mass is 9.96. The first-order valence-electron chi connectivity index (χ1n) is 10.1. The molecule has 0 aliphatic carbocycles. The number of nitro groups is 1. The summed E-state index contributed by atoms with van der Waals surface area (Å²) in [6.45, 7) is 3.89. The van der Waals surface area contributed by atoms with Crippen LogP contribution in [0.3, 0.4) is 0 Å². The van der Waals surface area contributed by atoms with Gasteiger partial charge < -0.3 is 14.5 Å². The Hall–Kier alpha value is -3.75. The van der Waals surface area contributed by atoms with Crippen molar-refractivity contribution in [1.29, 1.82) is 0 Å². The molecule has 2 aromatic rings. The predicted octanol–water partition coefficient (Wildman–Crippen LogP) is 3.16. The largest absolute Gasteiger partial charge is 0.469 e. The summed E-state index contributed by atoms with van der Waals surface area (Å²) in [5, 5.41) is 11.5. The summed E-state index contributed by atoms with van der Waals surface area (Å²) in [5.41, 5.74) is 0.564. The van der Waals surface area contributed by atoms with Crippen LogP contribution in [0, 0.1) is 16.0 Å². The highest BCUT2D eigenvalue weighted by Gasteiger charge is 2.26. The first kappa shape index (κ1) is 24.5. The van der Waals surface area contributed by atoms with Crippen LogP contribution < -0.4 is 4.90 Å². The Morgan fingerprint density at radius 1 is 1.09 bits per heavy atom. The number of rotatable bonds is 9. The number of ether oxygens (including phenoxy) is 1. The van der Waals surface area contributed by atoms with E-state index in [-0.39, 0.29) is 28.9 Å². The maximum Gasteiger partial charge on any atom is 0.310 e. The molecule has 0 radical (unpaired) electrons. The molecule has 0 aromatic heterocycles. The fraction of sp³-hybridized carbons (Fsp3) is 0.348. The van der Waals surface area contributed by atoms with Crippen molar-refractivity contribution in [2.75, 3.05) is 39.2 Å². The lowest BCUT2D eigenvalue weighted by Crippen LogP contribution is -2.37. The van der Waals surface area contributed by atoms with Gasteiger partial charge in [0.05, 0.1) is 23.5 Å². The molecule has 1 amide bonds. The second-order valence-electron chi connectivity index (χ2n) is 7.50. The Morgan fingerprint density at radius 2 is 1.72 bits per heavy atom. The van der Waals surface area contributed by atoms with Crippen molar-refractivity contribution < 1.29 is 24.0 Å². The number of nitrogens with zero attached hydrogens (tertiary/aromatic N) is 3. The number of amides is 1. The monoisotopic (exact) mass is 441 g/mol. The van der Waals surface area contributed by atoms with Gasteiger partial charge in [-0.05, 0) is 25.1 Å². The molecule has 1 unspecified atom stereocenters. The Kier molecular flexibility index (Phi) is 8.06. The van der Waals surface area contributed by atoms with Gasteiger partial charge in [0.25, 0.3) is 11.6 Å². The smallest absolute Gasteiger partial charge is 0.310 e. The highest BCUT2D eigenvalue weighted by molar-refractivity contribution is 6.15. The van der Waals surface area contributed by atoms with Crippen LogP contribution in [0.5, 0.6) is 0 Å². The zero-order chi connectivity index (χ0) is 24.0. The maximum atomic E-state index is 13.2. The zero-order valence-electron chi connectivity index (χ0n) is 18.8. The van der Waals surface area contributed by atoms with E-state index in [1.165, 1.54) is 42.3 Å². The van der Waals surface area contributed by atoms with Crippen molar-refractivity contribution in [3.8, 4) is 0 Å². The summed E-state index contributed by atoms with van der Waals surface area (Å²) >= 11 is 0. The van der Waals surface area contributed by atoms with Gasteiger partial charge in [0.2, 0.25) is 0 Å². The molecular formula is C23H27N3O6. The van der Waals surface area contributed by atoms with E-state index in [0.717, 1.165) is 0 Å². The molecule has 0 fully saturated rings. The summed E-state index contributed by atoms with van der Waals surface area (Å²) in [6.07, 6.45) is 0. The number of anilines is 1. The molecule has 0 saturated carbocycles. The molecule has 2 aromatic carbocycles. The van der Waals surface area contributed by atoms with Crippen molar-refractivity contribution in [3.63, 3.8) is 0 Å². The minimum Gasteiger partial charge on any atom is -0.469 e. The summed E-state index contributed by atoms with van der Waals surface area (Å²) in [7, 11) is 4.63. The second kappa shape index (κ2) is 10.5. The van der Waals surface area contributed by atoms with E-state index >= 15 is 0 Å². The average Bonchev–Trinajstić information content (AvgIpc) is 2.80. The van der Waals surface area contributed by atoms with Crippen molar-refractivity contribution in [2.24, 2.45) is 5.92 Å². The van der Waals surface area contributed by atoms with E-state index in [1.54, 1.807) is 45.0 Å². The summed E-state index contributed by atoms with van der Waals surface area (Å²) < 4.78 is 4.73. The number of methoxy groups -OCH3 is 1. The molecule has 2 rings (SSSR count). The van der Waals surface area contributed by atoms with E-state index in [4.69, 9.17) is 4.74 Å². The quantitative estimate of drug-likeness (QED) is 0.254.